The molecule has 2 nitrogen and oxygen atoms in total. The first-order valence-electron chi connectivity index (χ1n) is 6.79. The van der Waals surface area contributed by atoms with Crippen LogP contribution in [0.3, 0.4) is 0 Å². The monoisotopic (exact) mass is 248 g/mol. The quantitative estimate of drug-likeness (QED) is 0.853. The first-order chi connectivity index (χ1) is 8.42. The number of thiophene rings is 1. The number of aryl methyl sites for hydroxylation is 2. The third-order valence-corrected chi connectivity index (χ3v) is 4.88. The van der Waals surface area contributed by atoms with Crippen LogP contribution in [0.1, 0.15) is 47.4 Å². The molecule has 1 aliphatic heterocycles. The zero-order chi connectivity index (χ0) is 11.5. The molecule has 0 saturated carbocycles. The van der Waals surface area contributed by atoms with E-state index in [1.54, 1.807) is 10.4 Å². The van der Waals surface area contributed by atoms with Gasteiger partial charge in [0, 0.05) is 22.7 Å². The van der Waals surface area contributed by atoms with Crippen molar-refractivity contribution in [2.45, 2.75) is 51.5 Å². The van der Waals surface area contributed by atoms with Gasteiger partial charge in [0.05, 0.1) is 12.4 Å². The van der Waals surface area contributed by atoms with E-state index >= 15 is 0 Å². The normalized spacial score (nSPS) is 19.6. The molecule has 0 radical (unpaired) electrons. The van der Waals surface area contributed by atoms with Crippen molar-refractivity contribution in [1.82, 2.24) is 5.32 Å². The van der Waals surface area contributed by atoms with Crippen LogP contribution in [0.15, 0.2) is 11.1 Å². The SMILES string of the molecule is c1c(CNC2=NCCCCC2)sc2c1CCC2. The summed E-state index contributed by atoms with van der Waals surface area (Å²) in [5.74, 6) is 1.23. The Morgan fingerprint density at radius 3 is 3.06 bits per heavy atom. The number of amidine groups is 1. The molecule has 1 aliphatic carbocycles. The minimum Gasteiger partial charge on any atom is -0.369 e. The van der Waals surface area contributed by atoms with Gasteiger partial charge in [0.2, 0.25) is 0 Å². The van der Waals surface area contributed by atoms with Crippen LogP contribution in [-0.2, 0) is 19.4 Å². The zero-order valence-corrected chi connectivity index (χ0v) is 11.1. The summed E-state index contributed by atoms with van der Waals surface area (Å²) in [5.41, 5.74) is 1.61. The van der Waals surface area contributed by atoms with Gasteiger partial charge in [0.1, 0.15) is 0 Å². The summed E-state index contributed by atoms with van der Waals surface area (Å²) in [4.78, 5) is 7.73. The highest BCUT2D eigenvalue weighted by Crippen LogP contribution is 2.30. The van der Waals surface area contributed by atoms with Crippen molar-refractivity contribution in [2.24, 2.45) is 4.99 Å². The Kier molecular flexibility index (Phi) is 3.46. The fourth-order valence-corrected chi connectivity index (χ4v) is 3.89. The second-order valence-corrected chi connectivity index (χ2v) is 6.23. The van der Waals surface area contributed by atoms with Gasteiger partial charge < -0.3 is 5.32 Å². The Hall–Kier alpha value is -0.830. The maximum Gasteiger partial charge on any atom is 0.0965 e. The molecule has 1 N–H and O–H groups in total. The number of hydrogen-bond acceptors (Lipinski definition) is 3. The third kappa shape index (κ3) is 2.71. The van der Waals surface area contributed by atoms with Crippen molar-refractivity contribution in [3.63, 3.8) is 0 Å². The molecule has 0 atom stereocenters. The van der Waals surface area contributed by atoms with Gasteiger partial charge in [-0.05, 0) is 43.7 Å². The standard InChI is InChI=1S/C14H20N2S/c1-2-7-14(15-8-3-1)16-10-12-9-11-5-4-6-13(11)17-12/h9H,1-8,10H2,(H,15,16). The summed E-state index contributed by atoms with van der Waals surface area (Å²) in [5, 5.41) is 3.53. The minimum absolute atomic E-state index is 0.983. The summed E-state index contributed by atoms with van der Waals surface area (Å²) in [6.07, 6.45) is 9.01. The molecular weight excluding hydrogens is 228 g/mol. The zero-order valence-electron chi connectivity index (χ0n) is 10.3. The summed E-state index contributed by atoms with van der Waals surface area (Å²) in [7, 11) is 0. The molecule has 3 rings (SSSR count). The van der Waals surface area contributed by atoms with Gasteiger partial charge in [0.15, 0.2) is 0 Å². The molecule has 0 bridgehead atoms. The molecule has 3 heteroatoms. The number of fused-ring (bicyclic) bond motifs is 1. The van der Waals surface area contributed by atoms with Crippen LogP contribution in [0, 0.1) is 0 Å². The Bertz CT molecular complexity index is 398. The average Bonchev–Trinajstić information content (AvgIpc) is 2.79. The molecule has 17 heavy (non-hydrogen) atoms. The van der Waals surface area contributed by atoms with E-state index in [1.165, 1.54) is 49.2 Å². The highest BCUT2D eigenvalue weighted by Gasteiger charge is 2.14. The number of rotatable bonds is 2. The first kappa shape index (κ1) is 11.3. The lowest BCUT2D eigenvalue weighted by molar-refractivity contribution is 0.728. The molecule has 2 aliphatic rings. The van der Waals surface area contributed by atoms with Crippen LogP contribution in [0.5, 0.6) is 0 Å². The Labute approximate surface area is 107 Å². The molecule has 0 unspecified atom stereocenters. The van der Waals surface area contributed by atoms with E-state index in [0.717, 1.165) is 19.5 Å². The Morgan fingerprint density at radius 1 is 1.12 bits per heavy atom. The van der Waals surface area contributed by atoms with Crippen molar-refractivity contribution >= 4 is 17.2 Å². The van der Waals surface area contributed by atoms with E-state index in [4.69, 9.17) is 0 Å². The van der Waals surface area contributed by atoms with Crippen LogP contribution < -0.4 is 5.32 Å². The number of nitrogens with one attached hydrogen (secondary N) is 1. The highest BCUT2D eigenvalue weighted by molar-refractivity contribution is 7.12. The predicted molar refractivity (Wildman–Crippen MR) is 74.0 cm³/mol. The fourth-order valence-electron chi connectivity index (χ4n) is 2.69. The summed E-state index contributed by atoms with van der Waals surface area (Å²) < 4.78 is 0. The molecule has 1 aromatic heterocycles. The van der Waals surface area contributed by atoms with E-state index in [9.17, 15) is 0 Å². The maximum atomic E-state index is 4.61. The summed E-state index contributed by atoms with van der Waals surface area (Å²) >= 11 is 2.00. The second-order valence-electron chi connectivity index (χ2n) is 5.01. The van der Waals surface area contributed by atoms with Gasteiger partial charge >= 0.3 is 0 Å². The first-order valence-corrected chi connectivity index (χ1v) is 7.61. The van der Waals surface area contributed by atoms with E-state index in [0.29, 0.717) is 0 Å². The van der Waals surface area contributed by atoms with Crippen molar-refractivity contribution in [2.75, 3.05) is 6.54 Å². The van der Waals surface area contributed by atoms with Crippen LogP contribution in [-0.4, -0.2) is 12.4 Å². The fraction of sp³-hybridized carbons (Fsp3) is 0.643. The number of hydrogen-bond donors (Lipinski definition) is 1. The molecule has 0 fully saturated rings. The van der Waals surface area contributed by atoms with E-state index in [1.807, 2.05) is 11.3 Å². The van der Waals surface area contributed by atoms with Crippen molar-refractivity contribution < 1.29 is 0 Å². The number of aliphatic imine (C=N–C) groups is 1. The molecule has 2 heterocycles. The van der Waals surface area contributed by atoms with Gasteiger partial charge in [0.25, 0.3) is 0 Å². The molecule has 1 aromatic rings. The molecule has 0 amide bonds. The van der Waals surface area contributed by atoms with Gasteiger partial charge in [-0.3, -0.25) is 4.99 Å². The van der Waals surface area contributed by atoms with Crippen molar-refractivity contribution in [3.8, 4) is 0 Å². The second kappa shape index (κ2) is 5.21. The van der Waals surface area contributed by atoms with Crippen molar-refractivity contribution in [1.29, 1.82) is 0 Å². The maximum absolute atomic E-state index is 4.61. The lowest BCUT2D eigenvalue weighted by Crippen LogP contribution is -2.22. The van der Waals surface area contributed by atoms with Gasteiger partial charge in [-0.15, -0.1) is 11.3 Å². The van der Waals surface area contributed by atoms with Crippen LogP contribution in [0.2, 0.25) is 0 Å². The lowest BCUT2D eigenvalue weighted by Gasteiger charge is -2.06. The third-order valence-electron chi connectivity index (χ3n) is 3.64. The molecule has 0 spiro atoms. The van der Waals surface area contributed by atoms with E-state index in [2.05, 4.69) is 16.4 Å². The molecule has 0 aromatic carbocycles. The van der Waals surface area contributed by atoms with Gasteiger partial charge in [-0.2, -0.15) is 0 Å². The van der Waals surface area contributed by atoms with Crippen LogP contribution >= 0.6 is 11.3 Å². The smallest absolute Gasteiger partial charge is 0.0965 e. The van der Waals surface area contributed by atoms with Gasteiger partial charge in [-0.1, -0.05) is 6.42 Å². The van der Waals surface area contributed by atoms with Crippen LogP contribution in [0.25, 0.3) is 0 Å². The molecule has 92 valence electrons. The summed E-state index contributed by atoms with van der Waals surface area (Å²) in [6, 6.07) is 2.40. The lowest BCUT2D eigenvalue weighted by atomic mass is 10.2. The summed E-state index contributed by atoms with van der Waals surface area (Å²) in [6.45, 7) is 2.00. The number of nitrogens with zero attached hydrogens (tertiary/aromatic N) is 1. The molecular formula is C14H20N2S. The topological polar surface area (TPSA) is 24.4 Å². The highest BCUT2D eigenvalue weighted by atomic mass is 32.1. The van der Waals surface area contributed by atoms with Crippen LogP contribution in [0.4, 0.5) is 0 Å². The van der Waals surface area contributed by atoms with E-state index < -0.39 is 0 Å². The minimum atomic E-state index is 0.983. The van der Waals surface area contributed by atoms with Gasteiger partial charge in [-0.25, -0.2) is 0 Å². The Balaban J connectivity index is 1.57. The van der Waals surface area contributed by atoms with Crippen molar-refractivity contribution in [3.05, 3.63) is 21.4 Å². The average molecular weight is 248 g/mol. The van der Waals surface area contributed by atoms with E-state index in [-0.39, 0.29) is 0 Å². The Morgan fingerprint density at radius 2 is 2.12 bits per heavy atom. The largest absolute Gasteiger partial charge is 0.369 e. The molecule has 0 saturated heterocycles. The predicted octanol–water partition coefficient (Wildman–Crippen LogP) is 3.30.